The molecule has 0 aromatic heterocycles. The first-order chi connectivity index (χ1) is 18.8. The van der Waals surface area contributed by atoms with E-state index in [1.165, 1.54) is 4.90 Å². The lowest BCUT2D eigenvalue weighted by molar-refractivity contribution is -0.141. The lowest BCUT2D eigenvalue weighted by Gasteiger charge is -2.34. The molecule has 2 aromatic rings. The van der Waals surface area contributed by atoms with Crippen molar-refractivity contribution in [2.75, 3.05) is 18.5 Å². The largest absolute Gasteiger partial charge is 0.444 e. The number of halogens is 1. The molecule has 8 nitrogen and oxygen atoms in total. The number of alkyl carbamates (subject to hydrolysis) is 1. The SMILES string of the molecule is CCCCCCN(C(=O)C(CO)NC(=O)OC(C)(C)C)C(C(=O)Nc1c(C)cccc1Cl)c1ccc(C)c(C)c1. The Morgan fingerprint density at radius 1 is 1.00 bits per heavy atom. The number of amides is 3. The van der Waals surface area contributed by atoms with Crippen LogP contribution in [-0.2, 0) is 14.3 Å². The summed E-state index contributed by atoms with van der Waals surface area (Å²) in [7, 11) is 0. The van der Waals surface area contributed by atoms with Crippen LogP contribution in [0, 0.1) is 20.8 Å². The highest BCUT2D eigenvalue weighted by Crippen LogP contribution is 2.30. The minimum Gasteiger partial charge on any atom is -0.444 e. The van der Waals surface area contributed by atoms with Crippen molar-refractivity contribution in [3.05, 3.63) is 63.7 Å². The van der Waals surface area contributed by atoms with Crippen LogP contribution in [0.3, 0.4) is 0 Å². The van der Waals surface area contributed by atoms with Gasteiger partial charge in [0.25, 0.3) is 5.91 Å². The summed E-state index contributed by atoms with van der Waals surface area (Å²) >= 11 is 6.42. The fourth-order valence-electron chi connectivity index (χ4n) is 4.30. The minimum absolute atomic E-state index is 0.248. The Hall–Kier alpha value is -3.10. The molecule has 0 aliphatic carbocycles. The summed E-state index contributed by atoms with van der Waals surface area (Å²) in [6.45, 7) is 12.6. The van der Waals surface area contributed by atoms with Gasteiger partial charge in [0.05, 0.1) is 17.3 Å². The van der Waals surface area contributed by atoms with Gasteiger partial charge in [-0.1, -0.05) is 68.1 Å². The maximum atomic E-state index is 14.0. The van der Waals surface area contributed by atoms with E-state index in [9.17, 15) is 19.5 Å². The number of hydrogen-bond acceptors (Lipinski definition) is 5. The number of carbonyl (C=O) groups excluding carboxylic acids is 3. The predicted molar refractivity (Wildman–Crippen MR) is 160 cm³/mol. The van der Waals surface area contributed by atoms with E-state index in [0.717, 1.165) is 36.0 Å². The molecule has 40 heavy (non-hydrogen) atoms. The van der Waals surface area contributed by atoms with Gasteiger partial charge in [-0.3, -0.25) is 9.59 Å². The number of anilines is 1. The molecule has 9 heteroatoms. The molecule has 0 saturated heterocycles. The van der Waals surface area contributed by atoms with E-state index >= 15 is 0 Å². The van der Waals surface area contributed by atoms with Crippen LogP contribution in [0.2, 0.25) is 5.02 Å². The number of para-hydroxylation sites is 1. The molecule has 220 valence electrons. The van der Waals surface area contributed by atoms with Crippen LogP contribution < -0.4 is 10.6 Å². The molecule has 2 aromatic carbocycles. The Labute approximate surface area is 243 Å². The van der Waals surface area contributed by atoms with Crippen LogP contribution in [0.1, 0.15) is 81.7 Å². The second kappa shape index (κ2) is 15.1. The number of aryl methyl sites for hydroxylation is 3. The zero-order valence-corrected chi connectivity index (χ0v) is 25.5. The number of benzene rings is 2. The fraction of sp³-hybridized carbons (Fsp3) is 0.516. The molecule has 3 amide bonds. The number of ether oxygens (including phenoxy) is 1. The normalized spacial score (nSPS) is 12.8. The maximum Gasteiger partial charge on any atom is 0.408 e. The molecule has 2 atom stereocenters. The number of unbranched alkanes of at least 4 members (excludes halogenated alkanes) is 3. The van der Waals surface area contributed by atoms with Gasteiger partial charge in [-0.25, -0.2) is 4.79 Å². The highest BCUT2D eigenvalue weighted by Gasteiger charge is 2.36. The molecular formula is C31H44ClN3O5. The van der Waals surface area contributed by atoms with E-state index < -0.39 is 42.2 Å². The van der Waals surface area contributed by atoms with Gasteiger partial charge in [0, 0.05) is 6.54 Å². The van der Waals surface area contributed by atoms with Gasteiger partial charge in [-0.05, 0) is 76.3 Å². The van der Waals surface area contributed by atoms with E-state index in [0.29, 0.717) is 22.7 Å². The zero-order chi connectivity index (χ0) is 30.0. The molecule has 2 unspecified atom stereocenters. The smallest absolute Gasteiger partial charge is 0.408 e. The molecule has 0 heterocycles. The molecule has 0 bridgehead atoms. The van der Waals surface area contributed by atoms with Gasteiger partial charge in [0.1, 0.15) is 17.7 Å². The molecule has 3 N–H and O–H groups in total. The molecule has 0 radical (unpaired) electrons. The van der Waals surface area contributed by atoms with E-state index in [1.807, 2.05) is 45.0 Å². The van der Waals surface area contributed by atoms with Crippen molar-refractivity contribution in [3.63, 3.8) is 0 Å². The topological polar surface area (TPSA) is 108 Å². The number of carbonyl (C=O) groups is 3. The number of aliphatic hydroxyl groups is 1. The fourth-order valence-corrected chi connectivity index (χ4v) is 4.57. The van der Waals surface area contributed by atoms with E-state index in [2.05, 4.69) is 17.6 Å². The molecule has 0 saturated carbocycles. The maximum absolute atomic E-state index is 14.0. The van der Waals surface area contributed by atoms with Crippen molar-refractivity contribution in [1.82, 2.24) is 10.2 Å². The molecular weight excluding hydrogens is 530 g/mol. The summed E-state index contributed by atoms with van der Waals surface area (Å²) in [5.74, 6) is -1.03. The van der Waals surface area contributed by atoms with Gasteiger partial charge in [0.15, 0.2) is 0 Å². The molecule has 0 fully saturated rings. The van der Waals surface area contributed by atoms with Gasteiger partial charge < -0.3 is 25.4 Å². The summed E-state index contributed by atoms with van der Waals surface area (Å²) in [5.41, 5.74) is 3.08. The number of hydrogen-bond donors (Lipinski definition) is 3. The third-order valence-corrected chi connectivity index (χ3v) is 6.90. The van der Waals surface area contributed by atoms with Crippen molar-refractivity contribution in [2.45, 2.75) is 91.8 Å². The Bertz CT molecular complexity index is 1160. The van der Waals surface area contributed by atoms with Gasteiger partial charge >= 0.3 is 6.09 Å². The van der Waals surface area contributed by atoms with Crippen LogP contribution in [-0.4, -0.2) is 52.7 Å². The molecule has 0 aliphatic rings. The monoisotopic (exact) mass is 573 g/mol. The first-order valence-electron chi connectivity index (χ1n) is 13.8. The quantitative estimate of drug-likeness (QED) is 0.260. The molecule has 0 aliphatic heterocycles. The van der Waals surface area contributed by atoms with Crippen LogP contribution >= 0.6 is 11.6 Å². The van der Waals surface area contributed by atoms with Crippen molar-refractivity contribution in [3.8, 4) is 0 Å². The highest BCUT2D eigenvalue weighted by molar-refractivity contribution is 6.34. The highest BCUT2D eigenvalue weighted by atomic mass is 35.5. The van der Waals surface area contributed by atoms with Gasteiger partial charge in [-0.15, -0.1) is 0 Å². The lowest BCUT2D eigenvalue weighted by atomic mass is 9.97. The summed E-state index contributed by atoms with van der Waals surface area (Å²) in [4.78, 5) is 42.0. The third-order valence-electron chi connectivity index (χ3n) is 6.58. The molecule has 0 spiro atoms. The number of nitrogens with zero attached hydrogens (tertiary/aromatic N) is 1. The Balaban J connectivity index is 2.56. The van der Waals surface area contributed by atoms with Crippen molar-refractivity contribution >= 4 is 35.2 Å². The van der Waals surface area contributed by atoms with Crippen LogP contribution in [0.5, 0.6) is 0 Å². The summed E-state index contributed by atoms with van der Waals surface area (Å²) in [5, 5.41) is 15.9. The number of aliphatic hydroxyl groups excluding tert-OH is 1. The Morgan fingerprint density at radius 2 is 1.70 bits per heavy atom. The lowest BCUT2D eigenvalue weighted by Crippen LogP contribution is -2.54. The van der Waals surface area contributed by atoms with Crippen molar-refractivity contribution < 1.29 is 24.2 Å². The van der Waals surface area contributed by atoms with E-state index in [-0.39, 0.29) is 6.54 Å². The average molecular weight is 574 g/mol. The van der Waals surface area contributed by atoms with Crippen LogP contribution in [0.15, 0.2) is 36.4 Å². The summed E-state index contributed by atoms with van der Waals surface area (Å²) < 4.78 is 5.31. The number of nitrogens with one attached hydrogen (secondary N) is 2. The Kier molecular flexibility index (Phi) is 12.5. The van der Waals surface area contributed by atoms with Crippen molar-refractivity contribution in [1.29, 1.82) is 0 Å². The van der Waals surface area contributed by atoms with E-state index in [4.69, 9.17) is 16.3 Å². The Morgan fingerprint density at radius 3 is 2.27 bits per heavy atom. The van der Waals surface area contributed by atoms with Gasteiger partial charge in [-0.2, -0.15) is 0 Å². The second-order valence-corrected chi connectivity index (χ2v) is 11.5. The summed E-state index contributed by atoms with van der Waals surface area (Å²) in [6.07, 6.45) is 2.64. The zero-order valence-electron chi connectivity index (χ0n) is 24.8. The first-order valence-corrected chi connectivity index (χ1v) is 14.2. The van der Waals surface area contributed by atoms with Crippen LogP contribution in [0.25, 0.3) is 0 Å². The van der Waals surface area contributed by atoms with Gasteiger partial charge in [0.2, 0.25) is 5.91 Å². The standard InChI is InChI=1S/C31H44ClN3O5/c1-8-9-10-11-17-35(29(38)25(19-36)33-30(39)40-31(5,6)7)27(23-16-15-20(2)22(4)18-23)28(37)34-26-21(3)13-12-14-24(26)32/h12-16,18,25,27,36H,8-11,17,19H2,1-7H3,(H,33,39)(H,34,37). The summed E-state index contributed by atoms with van der Waals surface area (Å²) in [6, 6.07) is 8.61. The molecule has 2 rings (SSSR count). The van der Waals surface area contributed by atoms with Crippen LogP contribution in [0.4, 0.5) is 10.5 Å². The second-order valence-electron chi connectivity index (χ2n) is 11.1. The van der Waals surface area contributed by atoms with Crippen molar-refractivity contribution in [2.24, 2.45) is 0 Å². The minimum atomic E-state index is -1.30. The number of rotatable bonds is 12. The average Bonchev–Trinajstić information content (AvgIpc) is 2.87. The predicted octanol–water partition coefficient (Wildman–Crippen LogP) is 6.24. The van der Waals surface area contributed by atoms with E-state index in [1.54, 1.807) is 32.9 Å². The third kappa shape index (κ3) is 9.52. The first kappa shape index (κ1) is 33.1.